The van der Waals surface area contributed by atoms with Crippen LogP contribution in [0.2, 0.25) is 0 Å². The molecule has 0 aliphatic heterocycles. The lowest BCUT2D eigenvalue weighted by molar-refractivity contribution is 0.553. The standard InChI is InChI=1S/C11H21N3O2S2/c1-8(2)11-12-7-10(13-11)18(15,16)14-9(3)5-6-17-4/h7-9,14H,5-6H2,1-4H3,(H,12,13)/t9-/m1/s1. The zero-order valence-electron chi connectivity index (χ0n) is 11.2. The molecule has 0 radical (unpaired) electrons. The molecule has 1 heterocycles. The first kappa shape index (κ1) is 15.5. The van der Waals surface area contributed by atoms with Crippen molar-refractivity contribution in [1.82, 2.24) is 14.7 Å². The van der Waals surface area contributed by atoms with E-state index in [0.29, 0.717) is 5.82 Å². The highest BCUT2D eigenvalue weighted by molar-refractivity contribution is 7.98. The molecule has 1 atom stereocenters. The smallest absolute Gasteiger partial charge is 0.257 e. The van der Waals surface area contributed by atoms with Crippen LogP contribution >= 0.6 is 11.8 Å². The third-order valence-corrected chi connectivity index (χ3v) is 4.66. The summed E-state index contributed by atoms with van der Waals surface area (Å²) in [5.74, 6) is 1.80. The highest BCUT2D eigenvalue weighted by Gasteiger charge is 2.20. The molecule has 2 N–H and O–H groups in total. The molecule has 0 aliphatic rings. The second-order valence-corrected chi connectivity index (χ2v) is 7.26. The summed E-state index contributed by atoms with van der Waals surface area (Å²) in [6, 6.07) is -0.0757. The lowest BCUT2D eigenvalue weighted by atomic mass is 10.2. The molecule has 0 saturated heterocycles. The van der Waals surface area contributed by atoms with Crippen molar-refractivity contribution in [2.24, 2.45) is 0 Å². The minimum atomic E-state index is -3.48. The fourth-order valence-corrected chi connectivity index (χ4v) is 3.23. The Kier molecular flexibility index (Phi) is 5.68. The van der Waals surface area contributed by atoms with Crippen LogP contribution in [0.25, 0.3) is 0 Å². The molecule has 0 bridgehead atoms. The predicted octanol–water partition coefficient (Wildman–Crippen LogP) is 1.95. The number of aromatic nitrogens is 2. The molecule has 5 nitrogen and oxygen atoms in total. The van der Waals surface area contributed by atoms with E-state index in [1.165, 1.54) is 6.20 Å². The molecule has 7 heteroatoms. The number of imidazole rings is 1. The number of hydrogen-bond donors (Lipinski definition) is 2. The summed E-state index contributed by atoms with van der Waals surface area (Å²) in [5, 5.41) is 0.141. The SMILES string of the molecule is CSCC[C@@H](C)NS(=O)(=O)c1cnc(C(C)C)[nH]1. The van der Waals surface area contributed by atoms with Crippen molar-refractivity contribution in [3.05, 3.63) is 12.0 Å². The van der Waals surface area contributed by atoms with Crippen LogP contribution in [-0.4, -0.2) is 36.4 Å². The predicted molar refractivity (Wildman–Crippen MR) is 75.5 cm³/mol. The Bertz CT molecular complexity index is 468. The van der Waals surface area contributed by atoms with Crippen LogP contribution in [0.5, 0.6) is 0 Å². The number of aromatic amines is 1. The van der Waals surface area contributed by atoms with Gasteiger partial charge in [-0.25, -0.2) is 18.1 Å². The van der Waals surface area contributed by atoms with E-state index >= 15 is 0 Å². The maximum Gasteiger partial charge on any atom is 0.257 e. The molecule has 0 fully saturated rings. The number of sulfonamides is 1. The molecular weight excluding hydrogens is 270 g/mol. The van der Waals surface area contributed by atoms with E-state index in [9.17, 15) is 8.42 Å². The topological polar surface area (TPSA) is 74.8 Å². The third-order valence-electron chi connectivity index (χ3n) is 2.52. The van der Waals surface area contributed by atoms with Gasteiger partial charge in [0.05, 0.1) is 6.20 Å². The summed E-state index contributed by atoms with van der Waals surface area (Å²) >= 11 is 1.70. The normalized spacial score (nSPS) is 14.1. The highest BCUT2D eigenvalue weighted by atomic mass is 32.2. The second-order valence-electron chi connectivity index (χ2n) is 4.59. The summed E-state index contributed by atoms with van der Waals surface area (Å²) in [7, 11) is -3.48. The summed E-state index contributed by atoms with van der Waals surface area (Å²) in [4.78, 5) is 6.92. The van der Waals surface area contributed by atoms with Crippen LogP contribution < -0.4 is 4.72 Å². The molecule has 0 amide bonds. The van der Waals surface area contributed by atoms with Crippen LogP contribution in [0.4, 0.5) is 0 Å². The number of thioether (sulfide) groups is 1. The second kappa shape index (κ2) is 6.58. The number of hydrogen-bond acceptors (Lipinski definition) is 4. The molecule has 1 aromatic rings. The molecule has 1 aromatic heterocycles. The van der Waals surface area contributed by atoms with Gasteiger partial charge in [-0.05, 0) is 25.4 Å². The number of nitrogens with one attached hydrogen (secondary N) is 2. The molecule has 0 spiro atoms. The molecule has 18 heavy (non-hydrogen) atoms. The number of nitrogens with zero attached hydrogens (tertiary/aromatic N) is 1. The first-order chi connectivity index (χ1) is 8.36. The van der Waals surface area contributed by atoms with Crippen LogP contribution in [0.15, 0.2) is 11.2 Å². The van der Waals surface area contributed by atoms with E-state index in [-0.39, 0.29) is 17.0 Å². The van der Waals surface area contributed by atoms with Gasteiger partial charge in [0.2, 0.25) is 0 Å². The fraction of sp³-hybridized carbons (Fsp3) is 0.727. The molecule has 104 valence electrons. The quantitative estimate of drug-likeness (QED) is 0.805. The largest absolute Gasteiger partial charge is 0.332 e. The zero-order valence-corrected chi connectivity index (χ0v) is 12.9. The van der Waals surface area contributed by atoms with E-state index in [4.69, 9.17) is 0 Å². The minimum absolute atomic E-state index is 0.0757. The maximum atomic E-state index is 12.1. The van der Waals surface area contributed by atoms with Gasteiger partial charge in [0, 0.05) is 12.0 Å². The van der Waals surface area contributed by atoms with Gasteiger partial charge in [0.15, 0.2) is 5.03 Å². The van der Waals surface area contributed by atoms with E-state index in [1.807, 2.05) is 27.0 Å². The molecule has 0 aliphatic carbocycles. The van der Waals surface area contributed by atoms with Crippen molar-refractivity contribution >= 4 is 21.8 Å². The van der Waals surface area contributed by atoms with Gasteiger partial charge in [-0.2, -0.15) is 11.8 Å². The monoisotopic (exact) mass is 291 g/mol. The van der Waals surface area contributed by atoms with Gasteiger partial charge in [-0.3, -0.25) is 0 Å². The van der Waals surface area contributed by atoms with Gasteiger partial charge in [0.1, 0.15) is 5.82 Å². The highest BCUT2D eigenvalue weighted by Crippen LogP contribution is 2.13. The van der Waals surface area contributed by atoms with Gasteiger partial charge >= 0.3 is 0 Å². The Labute approximate surface area is 113 Å². The number of H-pyrrole nitrogens is 1. The Morgan fingerprint density at radius 1 is 1.44 bits per heavy atom. The Morgan fingerprint density at radius 3 is 2.61 bits per heavy atom. The summed E-state index contributed by atoms with van der Waals surface area (Å²) in [5.41, 5.74) is 0. The van der Waals surface area contributed by atoms with Gasteiger partial charge in [-0.15, -0.1) is 0 Å². The maximum absolute atomic E-state index is 12.1. The van der Waals surface area contributed by atoms with Crippen molar-refractivity contribution < 1.29 is 8.42 Å². The molecule has 0 unspecified atom stereocenters. The lowest BCUT2D eigenvalue weighted by Crippen LogP contribution is -2.33. The fourth-order valence-electron chi connectivity index (χ4n) is 1.43. The molecule has 0 aromatic carbocycles. The van der Waals surface area contributed by atoms with Crippen molar-refractivity contribution in [1.29, 1.82) is 0 Å². The average molecular weight is 291 g/mol. The van der Waals surface area contributed by atoms with E-state index in [1.54, 1.807) is 11.8 Å². The summed E-state index contributed by atoms with van der Waals surface area (Å²) in [6.45, 7) is 5.79. The van der Waals surface area contributed by atoms with Crippen molar-refractivity contribution in [2.75, 3.05) is 12.0 Å². The van der Waals surface area contributed by atoms with Gasteiger partial charge in [-0.1, -0.05) is 13.8 Å². The van der Waals surface area contributed by atoms with Crippen LogP contribution in [0, 0.1) is 0 Å². The van der Waals surface area contributed by atoms with E-state index in [0.717, 1.165) is 12.2 Å². The Hall–Kier alpha value is -0.530. The lowest BCUT2D eigenvalue weighted by Gasteiger charge is -2.12. The molecular formula is C11H21N3O2S2. The number of rotatable bonds is 7. The Balaban J connectivity index is 2.73. The van der Waals surface area contributed by atoms with E-state index < -0.39 is 10.0 Å². The van der Waals surface area contributed by atoms with Gasteiger partial charge in [0.25, 0.3) is 10.0 Å². The van der Waals surface area contributed by atoms with Crippen molar-refractivity contribution in [3.63, 3.8) is 0 Å². The first-order valence-corrected chi connectivity index (χ1v) is 8.80. The first-order valence-electron chi connectivity index (χ1n) is 5.93. The van der Waals surface area contributed by atoms with Gasteiger partial charge < -0.3 is 4.98 Å². The Morgan fingerprint density at radius 2 is 2.11 bits per heavy atom. The van der Waals surface area contributed by atoms with Crippen LogP contribution in [0.1, 0.15) is 38.9 Å². The minimum Gasteiger partial charge on any atom is -0.332 e. The van der Waals surface area contributed by atoms with Crippen molar-refractivity contribution in [3.8, 4) is 0 Å². The molecule has 1 rings (SSSR count). The summed E-state index contributed by atoms with van der Waals surface area (Å²) < 4.78 is 26.8. The zero-order chi connectivity index (χ0) is 13.8. The van der Waals surface area contributed by atoms with Crippen LogP contribution in [-0.2, 0) is 10.0 Å². The molecule has 0 saturated carbocycles. The van der Waals surface area contributed by atoms with Crippen molar-refractivity contribution in [2.45, 2.75) is 44.2 Å². The van der Waals surface area contributed by atoms with E-state index in [2.05, 4.69) is 14.7 Å². The third kappa shape index (κ3) is 4.29. The summed E-state index contributed by atoms with van der Waals surface area (Å²) in [6.07, 6.45) is 4.19. The average Bonchev–Trinajstić information content (AvgIpc) is 2.75. The van der Waals surface area contributed by atoms with Crippen LogP contribution in [0.3, 0.4) is 0 Å².